The van der Waals surface area contributed by atoms with E-state index in [0.717, 1.165) is 26.9 Å². The van der Waals surface area contributed by atoms with Crippen LogP contribution in [0.3, 0.4) is 0 Å². The summed E-state index contributed by atoms with van der Waals surface area (Å²) in [5, 5.41) is 24.6. The lowest BCUT2D eigenvalue weighted by Crippen LogP contribution is -2.20. The number of para-hydroxylation sites is 1. The van der Waals surface area contributed by atoms with Crippen LogP contribution in [0, 0.1) is 0 Å². The Hall–Kier alpha value is -3.54. The normalized spacial score (nSPS) is 10.6. The van der Waals surface area contributed by atoms with Crippen molar-refractivity contribution in [1.29, 1.82) is 0 Å². The molecule has 0 aliphatic carbocycles. The number of fused-ring (bicyclic) bond motifs is 4. The van der Waals surface area contributed by atoms with Gasteiger partial charge in [-0.05, 0) is 57.3 Å². The number of rotatable bonds is 3. The summed E-state index contributed by atoms with van der Waals surface area (Å²) in [6, 6.07) is 32.4. The second-order valence-electron chi connectivity index (χ2n) is 7.51. The van der Waals surface area contributed by atoms with Crippen molar-refractivity contribution in [3.8, 4) is 5.75 Å². The van der Waals surface area contributed by atoms with Crippen molar-refractivity contribution in [3.05, 3.63) is 97.1 Å². The third-order valence-electron chi connectivity index (χ3n) is 5.19. The Morgan fingerprint density at radius 3 is 1.90 bits per heavy atom. The summed E-state index contributed by atoms with van der Waals surface area (Å²) < 4.78 is 5.16. The fourth-order valence-electron chi connectivity index (χ4n) is 3.70. The van der Waals surface area contributed by atoms with E-state index in [0.29, 0.717) is 5.75 Å². The SMILES string of the molecule is CN(C)c1ccccc1.OB(O)Oc1cccc2ccc3cc4ccccc4cc3c12. The van der Waals surface area contributed by atoms with Gasteiger partial charge in [0.15, 0.2) is 0 Å². The quantitative estimate of drug-likeness (QED) is 0.243. The highest BCUT2D eigenvalue weighted by atomic mass is 16.6. The molecule has 31 heavy (non-hydrogen) atoms. The van der Waals surface area contributed by atoms with Crippen molar-refractivity contribution >= 4 is 45.3 Å². The van der Waals surface area contributed by atoms with E-state index >= 15 is 0 Å². The van der Waals surface area contributed by atoms with Crippen LogP contribution in [0.1, 0.15) is 0 Å². The van der Waals surface area contributed by atoms with Crippen molar-refractivity contribution in [2.75, 3.05) is 19.0 Å². The van der Waals surface area contributed by atoms with Gasteiger partial charge in [-0.15, -0.1) is 0 Å². The first kappa shape index (κ1) is 20.7. The second kappa shape index (κ2) is 9.08. The number of nitrogens with zero attached hydrogens (tertiary/aromatic N) is 1. The van der Waals surface area contributed by atoms with Gasteiger partial charge in [0.2, 0.25) is 0 Å². The maximum Gasteiger partial charge on any atom is 0.707 e. The number of anilines is 1. The van der Waals surface area contributed by atoms with Crippen LogP contribution in [0.2, 0.25) is 0 Å². The van der Waals surface area contributed by atoms with Gasteiger partial charge in [0.05, 0.1) is 0 Å². The molecule has 0 atom stereocenters. The molecule has 0 unspecified atom stereocenters. The van der Waals surface area contributed by atoms with Crippen LogP contribution in [-0.2, 0) is 0 Å². The molecule has 0 aliphatic rings. The Morgan fingerprint density at radius 2 is 1.26 bits per heavy atom. The summed E-state index contributed by atoms with van der Waals surface area (Å²) in [6.07, 6.45) is 0. The molecule has 0 saturated heterocycles. The van der Waals surface area contributed by atoms with E-state index in [1.165, 1.54) is 11.1 Å². The smallest absolute Gasteiger partial charge is 0.511 e. The van der Waals surface area contributed by atoms with Crippen LogP contribution in [0.5, 0.6) is 5.75 Å². The predicted octanol–water partition coefficient (Wildman–Crippen LogP) is 5.25. The Morgan fingerprint density at radius 1 is 0.645 bits per heavy atom. The zero-order chi connectivity index (χ0) is 21.8. The van der Waals surface area contributed by atoms with Gasteiger partial charge in [-0.3, -0.25) is 0 Å². The molecule has 0 heterocycles. The molecular formula is C26H24BNO3. The molecular weight excluding hydrogens is 385 g/mol. The topological polar surface area (TPSA) is 52.9 Å². The Kier molecular flexibility index (Phi) is 6.07. The zero-order valence-corrected chi connectivity index (χ0v) is 17.6. The summed E-state index contributed by atoms with van der Waals surface area (Å²) >= 11 is 0. The van der Waals surface area contributed by atoms with E-state index in [1.54, 1.807) is 6.07 Å². The minimum Gasteiger partial charge on any atom is -0.511 e. The zero-order valence-electron chi connectivity index (χ0n) is 17.6. The number of benzene rings is 5. The van der Waals surface area contributed by atoms with Crippen LogP contribution in [0.4, 0.5) is 5.69 Å². The molecule has 154 valence electrons. The highest BCUT2D eigenvalue weighted by molar-refractivity contribution is 6.34. The summed E-state index contributed by atoms with van der Waals surface area (Å²) in [5.74, 6) is 0.466. The summed E-state index contributed by atoms with van der Waals surface area (Å²) in [4.78, 5) is 2.08. The molecule has 4 nitrogen and oxygen atoms in total. The largest absolute Gasteiger partial charge is 0.707 e. The number of hydrogen-bond donors (Lipinski definition) is 2. The third kappa shape index (κ3) is 4.63. The maximum absolute atomic E-state index is 9.14. The van der Waals surface area contributed by atoms with Gasteiger partial charge >= 0.3 is 7.32 Å². The maximum atomic E-state index is 9.14. The molecule has 5 aromatic rings. The number of hydrogen-bond acceptors (Lipinski definition) is 4. The van der Waals surface area contributed by atoms with Crippen molar-refractivity contribution in [3.63, 3.8) is 0 Å². The molecule has 2 N–H and O–H groups in total. The lowest BCUT2D eigenvalue weighted by Gasteiger charge is -2.12. The molecule has 0 aromatic heterocycles. The highest BCUT2D eigenvalue weighted by Crippen LogP contribution is 2.35. The first-order valence-electron chi connectivity index (χ1n) is 10.1. The van der Waals surface area contributed by atoms with Crippen LogP contribution in [0.25, 0.3) is 32.3 Å². The third-order valence-corrected chi connectivity index (χ3v) is 5.19. The summed E-state index contributed by atoms with van der Waals surface area (Å²) in [7, 11) is 2.24. The van der Waals surface area contributed by atoms with Gasteiger partial charge < -0.3 is 19.6 Å². The van der Waals surface area contributed by atoms with Crippen molar-refractivity contribution in [2.24, 2.45) is 0 Å². The average molecular weight is 409 g/mol. The monoisotopic (exact) mass is 409 g/mol. The fourth-order valence-corrected chi connectivity index (χ4v) is 3.70. The lowest BCUT2D eigenvalue weighted by atomic mass is 9.97. The van der Waals surface area contributed by atoms with Crippen molar-refractivity contribution in [2.45, 2.75) is 0 Å². The molecule has 0 bridgehead atoms. The minimum absolute atomic E-state index is 0.466. The van der Waals surface area contributed by atoms with Gasteiger partial charge in [0.25, 0.3) is 0 Å². The fraction of sp³-hybridized carbons (Fsp3) is 0.0769. The van der Waals surface area contributed by atoms with E-state index in [-0.39, 0.29) is 0 Å². The van der Waals surface area contributed by atoms with Gasteiger partial charge in [0, 0.05) is 25.2 Å². The minimum atomic E-state index is -1.83. The van der Waals surface area contributed by atoms with Gasteiger partial charge in [-0.1, -0.05) is 66.7 Å². The van der Waals surface area contributed by atoms with Crippen LogP contribution in [0.15, 0.2) is 97.1 Å². The van der Waals surface area contributed by atoms with E-state index in [2.05, 4.69) is 47.4 Å². The van der Waals surface area contributed by atoms with Crippen LogP contribution >= 0.6 is 0 Å². The molecule has 0 spiro atoms. The molecule has 5 rings (SSSR count). The summed E-state index contributed by atoms with van der Waals surface area (Å²) in [6.45, 7) is 0. The first-order valence-corrected chi connectivity index (χ1v) is 10.1. The highest BCUT2D eigenvalue weighted by Gasteiger charge is 2.15. The Balaban J connectivity index is 0.000000217. The van der Waals surface area contributed by atoms with E-state index in [1.807, 2.05) is 62.6 Å². The predicted molar refractivity (Wildman–Crippen MR) is 131 cm³/mol. The average Bonchev–Trinajstić information content (AvgIpc) is 2.78. The molecule has 0 aliphatic heterocycles. The van der Waals surface area contributed by atoms with Crippen LogP contribution < -0.4 is 9.55 Å². The lowest BCUT2D eigenvalue weighted by molar-refractivity contribution is 0.289. The van der Waals surface area contributed by atoms with Crippen molar-refractivity contribution < 1.29 is 14.7 Å². The summed E-state index contributed by atoms with van der Waals surface area (Å²) in [5.41, 5.74) is 1.25. The standard InChI is InChI=1S/C18H13BO3.C8H11N/c20-19(21)22-17-7-3-6-12-8-9-15-10-13-4-1-2-5-14(13)11-16(15)18(12)17;1-9(2)8-6-4-3-5-7-8/h1-11,20-21H;3-7H,1-2H3. The van der Waals surface area contributed by atoms with Gasteiger partial charge in [-0.25, -0.2) is 0 Å². The van der Waals surface area contributed by atoms with Crippen LogP contribution in [-0.4, -0.2) is 31.5 Å². The Labute approximate surface area is 182 Å². The Bertz CT molecular complexity index is 1320. The molecule has 5 aromatic carbocycles. The molecule has 0 amide bonds. The molecule has 0 saturated carbocycles. The van der Waals surface area contributed by atoms with Gasteiger partial charge in [-0.2, -0.15) is 0 Å². The first-order chi connectivity index (χ1) is 15.0. The second-order valence-corrected chi connectivity index (χ2v) is 7.51. The van der Waals surface area contributed by atoms with Crippen molar-refractivity contribution in [1.82, 2.24) is 0 Å². The van der Waals surface area contributed by atoms with E-state index in [9.17, 15) is 0 Å². The molecule has 0 fully saturated rings. The van der Waals surface area contributed by atoms with E-state index in [4.69, 9.17) is 14.7 Å². The van der Waals surface area contributed by atoms with Gasteiger partial charge in [0.1, 0.15) is 5.75 Å². The molecule has 5 heteroatoms. The van der Waals surface area contributed by atoms with E-state index < -0.39 is 7.32 Å². The molecule has 0 radical (unpaired) electrons.